The standard InChI is InChI=1S/C13H14ClN3O/c1-3-15-13-16-7-6-12(17-13)18-10-4-5-11(14)9(2)8-10/h4-8H,3H2,1-2H3,(H,15,16,17). The van der Waals surface area contributed by atoms with Gasteiger partial charge in [-0.15, -0.1) is 0 Å². The van der Waals surface area contributed by atoms with E-state index in [1.807, 2.05) is 26.0 Å². The van der Waals surface area contributed by atoms with E-state index in [2.05, 4.69) is 15.3 Å². The van der Waals surface area contributed by atoms with E-state index in [9.17, 15) is 0 Å². The molecule has 1 aromatic carbocycles. The molecule has 0 saturated heterocycles. The van der Waals surface area contributed by atoms with Gasteiger partial charge in [-0.2, -0.15) is 4.98 Å². The second-order valence-corrected chi connectivity index (χ2v) is 4.17. The lowest BCUT2D eigenvalue weighted by molar-refractivity contribution is 0.462. The fourth-order valence-corrected chi connectivity index (χ4v) is 1.56. The normalized spacial score (nSPS) is 10.2. The van der Waals surface area contributed by atoms with E-state index in [0.29, 0.717) is 17.6 Å². The monoisotopic (exact) mass is 263 g/mol. The maximum absolute atomic E-state index is 5.96. The molecule has 4 nitrogen and oxygen atoms in total. The Morgan fingerprint density at radius 3 is 2.89 bits per heavy atom. The highest BCUT2D eigenvalue weighted by molar-refractivity contribution is 6.31. The predicted molar refractivity (Wildman–Crippen MR) is 72.5 cm³/mol. The number of aromatic nitrogens is 2. The quantitative estimate of drug-likeness (QED) is 0.914. The Labute approximate surface area is 111 Å². The summed E-state index contributed by atoms with van der Waals surface area (Å²) >= 11 is 5.96. The van der Waals surface area contributed by atoms with Crippen molar-refractivity contribution in [2.75, 3.05) is 11.9 Å². The van der Waals surface area contributed by atoms with Crippen LogP contribution >= 0.6 is 11.6 Å². The van der Waals surface area contributed by atoms with Crippen LogP contribution in [0, 0.1) is 6.92 Å². The molecule has 1 aromatic heterocycles. The first-order valence-corrected chi connectivity index (χ1v) is 6.07. The molecule has 0 bridgehead atoms. The molecule has 1 heterocycles. The summed E-state index contributed by atoms with van der Waals surface area (Å²) in [5.74, 6) is 1.77. The first-order chi connectivity index (χ1) is 8.69. The highest BCUT2D eigenvalue weighted by Gasteiger charge is 2.03. The highest BCUT2D eigenvalue weighted by atomic mass is 35.5. The second-order valence-electron chi connectivity index (χ2n) is 3.76. The number of nitrogens with zero attached hydrogens (tertiary/aromatic N) is 2. The molecule has 1 N–H and O–H groups in total. The summed E-state index contributed by atoms with van der Waals surface area (Å²) < 4.78 is 5.65. The minimum Gasteiger partial charge on any atom is -0.439 e. The molecule has 0 saturated carbocycles. The smallest absolute Gasteiger partial charge is 0.225 e. The zero-order chi connectivity index (χ0) is 13.0. The molecule has 0 aliphatic carbocycles. The van der Waals surface area contributed by atoms with Crippen LogP contribution in [0.4, 0.5) is 5.95 Å². The summed E-state index contributed by atoms with van der Waals surface area (Å²) in [7, 11) is 0. The van der Waals surface area contributed by atoms with Crippen molar-refractivity contribution in [3.63, 3.8) is 0 Å². The van der Waals surface area contributed by atoms with Crippen molar-refractivity contribution in [2.45, 2.75) is 13.8 Å². The predicted octanol–water partition coefficient (Wildman–Crippen LogP) is 3.66. The van der Waals surface area contributed by atoms with Gasteiger partial charge in [0, 0.05) is 23.8 Å². The summed E-state index contributed by atoms with van der Waals surface area (Å²) in [6.45, 7) is 4.68. The first kappa shape index (κ1) is 12.6. The van der Waals surface area contributed by atoms with E-state index in [-0.39, 0.29) is 0 Å². The van der Waals surface area contributed by atoms with Gasteiger partial charge in [-0.05, 0) is 37.6 Å². The van der Waals surface area contributed by atoms with Gasteiger partial charge in [0.05, 0.1) is 0 Å². The molecule has 18 heavy (non-hydrogen) atoms. The number of aryl methyl sites for hydroxylation is 1. The molecule has 0 unspecified atom stereocenters. The highest BCUT2D eigenvalue weighted by Crippen LogP contribution is 2.24. The van der Waals surface area contributed by atoms with Gasteiger partial charge in [-0.3, -0.25) is 0 Å². The van der Waals surface area contributed by atoms with Gasteiger partial charge >= 0.3 is 0 Å². The van der Waals surface area contributed by atoms with Gasteiger partial charge in [0.2, 0.25) is 11.8 Å². The third-order valence-electron chi connectivity index (χ3n) is 2.32. The van der Waals surface area contributed by atoms with Crippen LogP contribution in [0.2, 0.25) is 5.02 Å². The van der Waals surface area contributed by atoms with Crippen molar-refractivity contribution >= 4 is 17.5 Å². The van der Waals surface area contributed by atoms with Crippen molar-refractivity contribution in [3.8, 4) is 11.6 Å². The summed E-state index contributed by atoms with van der Waals surface area (Å²) in [6.07, 6.45) is 1.66. The molecule has 0 fully saturated rings. The number of hydrogen-bond acceptors (Lipinski definition) is 4. The van der Waals surface area contributed by atoms with Crippen LogP contribution in [0.15, 0.2) is 30.5 Å². The molecule has 2 rings (SSSR count). The summed E-state index contributed by atoms with van der Waals surface area (Å²) in [5.41, 5.74) is 0.968. The SMILES string of the molecule is CCNc1nccc(Oc2ccc(Cl)c(C)c2)n1. The largest absolute Gasteiger partial charge is 0.439 e. The Balaban J connectivity index is 2.17. The van der Waals surface area contributed by atoms with E-state index in [0.717, 1.165) is 17.1 Å². The Morgan fingerprint density at radius 2 is 2.17 bits per heavy atom. The lowest BCUT2D eigenvalue weighted by Crippen LogP contribution is -2.02. The van der Waals surface area contributed by atoms with Crippen LogP contribution in [0.25, 0.3) is 0 Å². The van der Waals surface area contributed by atoms with Crippen LogP contribution in [-0.2, 0) is 0 Å². The van der Waals surface area contributed by atoms with Gasteiger partial charge in [0.1, 0.15) is 5.75 Å². The minimum atomic E-state index is 0.502. The number of benzene rings is 1. The Bertz CT molecular complexity index is 546. The number of hydrogen-bond donors (Lipinski definition) is 1. The average Bonchev–Trinajstić information content (AvgIpc) is 2.35. The lowest BCUT2D eigenvalue weighted by atomic mass is 10.2. The molecule has 0 aliphatic heterocycles. The number of nitrogens with one attached hydrogen (secondary N) is 1. The molecule has 0 radical (unpaired) electrons. The molecular weight excluding hydrogens is 250 g/mol. The molecule has 0 amide bonds. The van der Waals surface area contributed by atoms with Crippen LogP contribution in [-0.4, -0.2) is 16.5 Å². The minimum absolute atomic E-state index is 0.502. The van der Waals surface area contributed by atoms with Gasteiger partial charge in [-0.25, -0.2) is 4.98 Å². The third-order valence-corrected chi connectivity index (χ3v) is 2.74. The molecule has 2 aromatic rings. The summed E-state index contributed by atoms with van der Waals surface area (Å²) in [6, 6.07) is 7.20. The van der Waals surface area contributed by atoms with E-state index in [1.54, 1.807) is 18.3 Å². The van der Waals surface area contributed by atoms with Crippen molar-refractivity contribution in [1.82, 2.24) is 9.97 Å². The van der Waals surface area contributed by atoms with E-state index < -0.39 is 0 Å². The van der Waals surface area contributed by atoms with Crippen LogP contribution < -0.4 is 10.1 Å². The second kappa shape index (κ2) is 5.69. The van der Waals surface area contributed by atoms with Gasteiger partial charge < -0.3 is 10.1 Å². The summed E-state index contributed by atoms with van der Waals surface area (Å²) in [5, 5.41) is 3.75. The van der Waals surface area contributed by atoms with Crippen LogP contribution in [0.3, 0.4) is 0 Å². The first-order valence-electron chi connectivity index (χ1n) is 5.70. The molecule has 0 spiro atoms. The topological polar surface area (TPSA) is 47.0 Å². The Kier molecular flexibility index (Phi) is 3.99. The van der Waals surface area contributed by atoms with E-state index in [4.69, 9.17) is 16.3 Å². The van der Waals surface area contributed by atoms with Crippen molar-refractivity contribution in [2.24, 2.45) is 0 Å². The maximum atomic E-state index is 5.96. The third kappa shape index (κ3) is 3.11. The number of halogens is 1. The van der Waals surface area contributed by atoms with Crippen molar-refractivity contribution in [1.29, 1.82) is 0 Å². The Morgan fingerprint density at radius 1 is 1.33 bits per heavy atom. The molecule has 5 heteroatoms. The summed E-state index contributed by atoms with van der Waals surface area (Å²) in [4.78, 5) is 8.31. The van der Waals surface area contributed by atoms with E-state index >= 15 is 0 Å². The van der Waals surface area contributed by atoms with Crippen molar-refractivity contribution < 1.29 is 4.74 Å². The maximum Gasteiger partial charge on any atom is 0.225 e. The Hall–Kier alpha value is -1.81. The van der Waals surface area contributed by atoms with Crippen LogP contribution in [0.1, 0.15) is 12.5 Å². The van der Waals surface area contributed by atoms with Crippen LogP contribution in [0.5, 0.6) is 11.6 Å². The zero-order valence-corrected chi connectivity index (χ0v) is 11.0. The zero-order valence-electron chi connectivity index (χ0n) is 10.3. The molecule has 94 valence electrons. The lowest BCUT2D eigenvalue weighted by Gasteiger charge is -2.07. The van der Waals surface area contributed by atoms with E-state index in [1.165, 1.54) is 0 Å². The van der Waals surface area contributed by atoms with Crippen molar-refractivity contribution in [3.05, 3.63) is 41.0 Å². The fourth-order valence-electron chi connectivity index (χ4n) is 1.44. The fraction of sp³-hybridized carbons (Fsp3) is 0.231. The average molecular weight is 264 g/mol. The van der Waals surface area contributed by atoms with Gasteiger partial charge in [-0.1, -0.05) is 11.6 Å². The molecule has 0 aliphatic rings. The number of ether oxygens (including phenoxy) is 1. The van der Waals surface area contributed by atoms with Gasteiger partial charge in [0.15, 0.2) is 0 Å². The number of anilines is 1. The number of rotatable bonds is 4. The molecule has 0 atom stereocenters. The molecular formula is C13H14ClN3O. The van der Waals surface area contributed by atoms with Gasteiger partial charge in [0.25, 0.3) is 0 Å².